The molecule has 2 aliphatic carbocycles. The second-order valence-electron chi connectivity index (χ2n) is 7.99. The molecule has 2 fully saturated rings. The van der Waals surface area contributed by atoms with E-state index >= 15 is 0 Å². The first kappa shape index (κ1) is 22.5. The number of nitriles is 1. The Balaban J connectivity index is 2.23. The molecule has 1 N–H and O–H groups in total. The van der Waals surface area contributed by atoms with Gasteiger partial charge in [-0.1, -0.05) is 19.3 Å². The molecule has 1 aliphatic heterocycles. The van der Waals surface area contributed by atoms with E-state index in [1.54, 1.807) is 12.2 Å². The first-order chi connectivity index (χ1) is 14.9. The van der Waals surface area contributed by atoms with Crippen molar-refractivity contribution in [2.24, 2.45) is 5.41 Å². The predicted octanol–water partition coefficient (Wildman–Crippen LogP) is 2.79. The smallest absolute Gasteiger partial charge is 0.349 e. The fourth-order valence-corrected chi connectivity index (χ4v) is 4.98. The summed E-state index contributed by atoms with van der Waals surface area (Å²) in [5, 5.41) is 13.1. The maximum atomic E-state index is 12.2. The van der Waals surface area contributed by atoms with Gasteiger partial charge in [-0.3, -0.25) is 0 Å². The van der Waals surface area contributed by atoms with Crippen LogP contribution in [0.15, 0.2) is 46.6 Å². The van der Waals surface area contributed by atoms with Crippen molar-refractivity contribution in [2.45, 2.75) is 44.1 Å². The Hall–Kier alpha value is -3.21. The van der Waals surface area contributed by atoms with E-state index in [1.165, 1.54) is 40.9 Å². The lowest BCUT2D eigenvalue weighted by atomic mass is 9.69. The van der Waals surface area contributed by atoms with Crippen molar-refractivity contribution in [3.05, 3.63) is 46.6 Å². The lowest BCUT2D eigenvalue weighted by molar-refractivity contribution is -0.136. The molecule has 2 spiro atoms. The summed E-state index contributed by atoms with van der Waals surface area (Å²) in [7, 11) is 5.59. The predicted molar refractivity (Wildman–Crippen MR) is 111 cm³/mol. The summed E-state index contributed by atoms with van der Waals surface area (Å²) < 4.78 is 21.2. The van der Waals surface area contributed by atoms with E-state index < -0.39 is 17.4 Å². The number of hydrogen-bond donors (Lipinski definition) is 1. The third kappa shape index (κ3) is 3.80. The topological polar surface area (TPSA) is 107 Å². The van der Waals surface area contributed by atoms with Crippen molar-refractivity contribution in [1.29, 1.82) is 5.26 Å². The van der Waals surface area contributed by atoms with Crippen LogP contribution in [0.1, 0.15) is 38.5 Å². The van der Waals surface area contributed by atoms with Gasteiger partial charge in [0.15, 0.2) is 0 Å². The minimum atomic E-state index is -0.894. The SMILES string of the molecule is COC(=O)C=C1NC2(CCCCC2)CC12C(OC)=CC(=C(C#N)C(=O)OC)C=C2OC. The molecule has 8 nitrogen and oxygen atoms in total. The Morgan fingerprint density at radius 2 is 1.65 bits per heavy atom. The molecule has 0 unspecified atom stereocenters. The lowest BCUT2D eigenvalue weighted by Crippen LogP contribution is -2.41. The van der Waals surface area contributed by atoms with E-state index in [1.807, 2.05) is 6.07 Å². The highest BCUT2D eigenvalue weighted by atomic mass is 16.5. The largest absolute Gasteiger partial charge is 0.500 e. The molecule has 0 atom stereocenters. The van der Waals surface area contributed by atoms with Crippen molar-refractivity contribution >= 4 is 11.9 Å². The molecule has 1 heterocycles. The summed E-state index contributed by atoms with van der Waals surface area (Å²) in [6.45, 7) is 0. The lowest BCUT2D eigenvalue weighted by Gasteiger charge is -2.38. The van der Waals surface area contributed by atoms with Crippen LogP contribution in [0.2, 0.25) is 0 Å². The van der Waals surface area contributed by atoms with Crippen LogP contribution in [0, 0.1) is 16.7 Å². The van der Waals surface area contributed by atoms with Gasteiger partial charge in [0, 0.05) is 22.9 Å². The van der Waals surface area contributed by atoms with Crippen molar-refractivity contribution in [3.8, 4) is 6.07 Å². The van der Waals surface area contributed by atoms with Gasteiger partial charge in [0.2, 0.25) is 0 Å². The summed E-state index contributed by atoms with van der Waals surface area (Å²) in [6, 6.07) is 1.90. The Labute approximate surface area is 182 Å². The van der Waals surface area contributed by atoms with Gasteiger partial charge in [0.25, 0.3) is 0 Å². The standard InChI is InChI=1S/C23H28N2O6/c1-28-18-10-15(16(13-24)21(27)31-4)11-19(29-2)23(18)14-22(8-6-5-7-9-22)25-17(23)12-20(26)30-3/h10-12,25H,5-9,14H2,1-4H3. The van der Waals surface area contributed by atoms with Crippen molar-refractivity contribution in [3.63, 3.8) is 0 Å². The van der Waals surface area contributed by atoms with Gasteiger partial charge in [-0.05, 0) is 31.4 Å². The van der Waals surface area contributed by atoms with Crippen molar-refractivity contribution in [1.82, 2.24) is 5.32 Å². The van der Waals surface area contributed by atoms with E-state index in [4.69, 9.17) is 18.9 Å². The molecule has 1 saturated carbocycles. The summed E-state index contributed by atoms with van der Waals surface area (Å²) >= 11 is 0. The molecular formula is C23H28N2O6. The maximum Gasteiger partial charge on any atom is 0.349 e. The number of esters is 2. The number of methoxy groups -OCH3 is 4. The summed E-state index contributed by atoms with van der Waals surface area (Å²) in [4.78, 5) is 24.3. The van der Waals surface area contributed by atoms with Crippen LogP contribution < -0.4 is 5.32 Å². The molecule has 0 bridgehead atoms. The molecule has 0 radical (unpaired) electrons. The van der Waals surface area contributed by atoms with Crippen LogP contribution in [0.3, 0.4) is 0 Å². The van der Waals surface area contributed by atoms with Crippen LogP contribution in [0.4, 0.5) is 0 Å². The van der Waals surface area contributed by atoms with E-state index in [0.29, 0.717) is 29.2 Å². The van der Waals surface area contributed by atoms with Crippen molar-refractivity contribution < 1.29 is 28.5 Å². The Morgan fingerprint density at radius 3 is 2.13 bits per heavy atom. The fraction of sp³-hybridized carbons (Fsp3) is 0.522. The number of rotatable bonds is 4. The molecule has 3 aliphatic rings. The minimum absolute atomic E-state index is 0.154. The minimum Gasteiger partial charge on any atom is -0.500 e. The van der Waals surface area contributed by atoms with Gasteiger partial charge in [0.1, 0.15) is 28.6 Å². The second kappa shape index (κ2) is 8.88. The Kier molecular flexibility index (Phi) is 6.44. The summed E-state index contributed by atoms with van der Waals surface area (Å²) in [6.07, 6.45) is 10.6. The molecule has 1 saturated heterocycles. The Morgan fingerprint density at radius 1 is 1.03 bits per heavy atom. The van der Waals surface area contributed by atoms with Gasteiger partial charge in [-0.15, -0.1) is 0 Å². The normalized spacial score (nSPS) is 25.3. The number of nitrogens with zero attached hydrogens (tertiary/aromatic N) is 1. The maximum absolute atomic E-state index is 12.2. The van der Waals surface area contributed by atoms with Gasteiger partial charge in [-0.25, -0.2) is 9.59 Å². The molecule has 0 amide bonds. The van der Waals surface area contributed by atoms with E-state index in [2.05, 4.69) is 5.32 Å². The van der Waals surface area contributed by atoms with Crippen LogP contribution in [0.25, 0.3) is 0 Å². The van der Waals surface area contributed by atoms with E-state index in [-0.39, 0.29) is 11.1 Å². The summed E-state index contributed by atoms with van der Waals surface area (Å²) in [5.74, 6) is -0.285. The number of hydrogen-bond acceptors (Lipinski definition) is 8. The van der Waals surface area contributed by atoms with Crippen LogP contribution >= 0.6 is 0 Å². The zero-order chi connectivity index (χ0) is 22.6. The van der Waals surface area contributed by atoms with E-state index in [0.717, 1.165) is 25.7 Å². The average Bonchev–Trinajstić information content (AvgIpc) is 3.08. The molecule has 8 heteroatoms. The quantitative estimate of drug-likeness (QED) is 0.414. The molecule has 0 aromatic heterocycles. The summed E-state index contributed by atoms with van der Waals surface area (Å²) in [5.41, 5.74) is -0.309. The number of allylic oxidation sites excluding steroid dienone is 3. The van der Waals surface area contributed by atoms with Crippen LogP contribution in [-0.4, -0.2) is 45.9 Å². The molecular weight excluding hydrogens is 400 g/mol. The highest BCUT2D eigenvalue weighted by Crippen LogP contribution is 2.58. The highest BCUT2D eigenvalue weighted by molar-refractivity contribution is 5.95. The first-order valence-electron chi connectivity index (χ1n) is 10.2. The highest BCUT2D eigenvalue weighted by Gasteiger charge is 2.58. The average molecular weight is 428 g/mol. The van der Waals surface area contributed by atoms with E-state index in [9.17, 15) is 14.9 Å². The monoisotopic (exact) mass is 428 g/mol. The third-order valence-corrected chi connectivity index (χ3v) is 6.38. The zero-order valence-electron chi connectivity index (χ0n) is 18.4. The van der Waals surface area contributed by atoms with Crippen LogP contribution in [-0.2, 0) is 28.5 Å². The number of carbonyl (C=O) groups excluding carboxylic acids is 2. The number of nitrogens with one attached hydrogen (secondary N) is 1. The van der Waals surface area contributed by atoms with Crippen LogP contribution in [0.5, 0.6) is 0 Å². The molecule has 0 aromatic rings. The zero-order valence-corrected chi connectivity index (χ0v) is 18.4. The molecule has 166 valence electrons. The Bertz CT molecular complexity index is 904. The van der Waals surface area contributed by atoms with Gasteiger partial charge < -0.3 is 24.3 Å². The second-order valence-corrected chi connectivity index (χ2v) is 7.99. The first-order valence-corrected chi connectivity index (χ1v) is 10.2. The van der Waals surface area contributed by atoms with Gasteiger partial charge in [0.05, 0.1) is 28.4 Å². The van der Waals surface area contributed by atoms with Gasteiger partial charge >= 0.3 is 11.9 Å². The molecule has 31 heavy (non-hydrogen) atoms. The molecule has 3 rings (SSSR count). The number of ether oxygens (including phenoxy) is 4. The van der Waals surface area contributed by atoms with Crippen molar-refractivity contribution in [2.75, 3.05) is 28.4 Å². The molecule has 0 aromatic carbocycles. The number of carbonyl (C=O) groups is 2. The third-order valence-electron chi connectivity index (χ3n) is 6.38. The fourth-order valence-electron chi connectivity index (χ4n) is 4.98. The van der Waals surface area contributed by atoms with Gasteiger partial charge in [-0.2, -0.15) is 5.26 Å².